The van der Waals surface area contributed by atoms with Crippen LogP contribution in [0.2, 0.25) is 10.0 Å². The molecule has 1 heterocycles. The van der Waals surface area contributed by atoms with E-state index in [1.807, 2.05) is 13.8 Å². The van der Waals surface area contributed by atoms with Crippen molar-refractivity contribution in [1.29, 1.82) is 0 Å². The van der Waals surface area contributed by atoms with Crippen molar-refractivity contribution in [2.45, 2.75) is 37.6 Å². The normalized spacial score (nSPS) is 17.4. The molecule has 2 rings (SSSR count). The van der Waals surface area contributed by atoms with Crippen LogP contribution in [0, 0.1) is 5.92 Å². The first-order valence-corrected chi connectivity index (χ1v) is 9.67. The zero-order chi connectivity index (χ0) is 17.2. The molecule has 1 amide bonds. The fraction of sp³-hybridized carbons (Fsp3) is 0.533. The predicted octanol–water partition coefficient (Wildman–Crippen LogP) is 2.92. The number of nitrogens with zero attached hydrogens (tertiary/aromatic N) is 1. The molecule has 0 radical (unpaired) electrons. The molecule has 0 aromatic heterocycles. The summed E-state index contributed by atoms with van der Waals surface area (Å²) in [5.74, 6) is -0.170. The van der Waals surface area contributed by atoms with E-state index in [4.69, 9.17) is 23.2 Å². The second-order valence-corrected chi connectivity index (χ2v) is 8.67. The van der Waals surface area contributed by atoms with Gasteiger partial charge in [0.25, 0.3) is 0 Å². The van der Waals surface area contributed by atoms with E-state index in [9.17, 15) is 13.2 Å². The summed E-state index contributed by atoms with van der Waals surface area (Å²) in [4.78, 5) is 12.0. The summed E-state index contributed by atoms with van der Waals surface area (Å²) in [7, 11) is -3.70. The van der Waals surface area contributed by atoms with Gasteiger partial charge in [-0.3, -0.25) is 4.79 Å². The number of carbonyl (C=O) groups excluding carboxylic acids is 1. The van der Waals surface area contributed by atoms with E-state index < -0.39 is 10.0 Å². The Balaban J connectivity index is 2.10. The van der Waals surface area contributed by atoms with Crippen LogP contribution in [-0.2, 0) is 14.8 Å². The molecular formula is C15H20Cl2N2O3S. The molecule has 8 heteroatoms. The first-order chi connectivity index (χ1) is 10.7. The average molecular weight is 379 g/mol. The Labute approximate surface area is 147 Å². The number of nitrogens with one attached hydrogen (secondary N) is 1. The van der Waals surface area contributed by atoms with Gasteiger partial charge in [0.2, 0.25) is 15.9 Å². The molecule has 1 aliphatic rings. The number of halogens is 2. The number of rotatable bonds is 4. The molecule has 0 saturated carbocycles. The standard InChI is InChI=1S/C15H20Cl2N2O3S/c1-10(2)18-15(20)11-5-7-19(8-6-11)23(21,22)14-9-12(16)3-4-13(14)17/h3-4,9-11H,5-8H2,1-2H3,(H,18,20). The highest BCUT2D eigenvalue weighted by atomic mass is 35.5. The van der Waals surface area contributed by atoms with Crippen LogP contribution in [0.3, 0.4) is 0 Å². The van der Waals surface area contributed by atoms with Gasteiger partial charge < -0.3 is 5.32 Å². The lowest BCUT2D eigenvalue weighted by Gasteiger charge is -2.31. The summed E-state index contributed by atoms with van der Waals surface area (Å²) >= 11 is 11.9. The second kappa shape index (κ2) is 7.38. The lowest BCUT2D eigenvalue weighted by molar-refractivity contribution is -0.126. The van der Waals surface area contributed by atoms with Crippen molar-refractivity contribution in [2.75, 3.05) is 13.1 Å². The molecule has 5 nitrogen and oxygen atoms in total. The summed E-state index contributed by atoms with van der Waals surface area (Å²) in [6.07, 6.45) is 0.992. The van der Waals surface area contributed by atoms with Crippen LogP contribution in [-0.4, -0.2) is 37.8 Å². The third-order valence-electron chi connectivity index (χ3n) is 3.77. The molecule has 23 heavy (non-hydrogen) atoms. The van der Waals surface area contributed by atoms with Crippen molar-refractivity contribution in [3.05, 3.63) is 28.2 Å². The van der Waals surface area contributed by atoms with Crippen molar-refractivity contribution >= 4 is 39.1 Å². The molecule has 1 N–H and O–H groups in total. The summed E-state index contributed by atoms with van der Waals surface area (Å²) in [5.41, 5.74) is 0. The number of piperidine rings is 1. The molecule has 1 fully saturated rings. The Morgan fingerprint density at radius 3 is 2.43 bits per heavy atom. The van der Waals surface area contributed by atoms with Gasteiger partial charge in [0, 0.05) is 30.1 Å². The highest BCUT2D eigenvalue weighted by Gasteiger charge is 2.33. The van der Waals surface area contributed by atoms with Gasteiger partial charge in [-0.15, -0.1) is 0 Å². The summed E-state index contributed by atoms with van der Waals surface area (Å²) < 4.78 is 26.8. The number of hydrogen-bond acceptors (Lipinski definition) is 3. The van der Waals surface area contributed by atoms with Crippen LogP contribution in [0.15, 0.2) is 23.1 Å². The Bertz CT molecular complexity index is 684. The zero-order valence-electron chi connectivity index (χ0n) is 13.1. The molecule has 1 saturated heterocycles. The molecule has 1 aromatic rings. The number of carbonyl (C=O) groups is 1. The molecular weight excluding hydrogens is 359 g/mol. The van der Waals surface area contributed by atoms with E-state index in [0.717, 1.165) is 0 Å². The number of hydrogen-bond donors (Lipinski definition) is 1. The minimum Gasteiger partial charge on any atom is -0.354 e. The van der Waals surface area contributed by atoms with Gasteiger partial charge in [-0.1, -0.05) is 23.2 Å². The van der Waals surface area contributed by atoms with E-state index in [-0.39, 0.29) is 27.8 Å². The first kappa shape index (κ1) is 18.5. The van der Waals surface area contributed by atoms with Crippen LogP contribution in [0.1, 0.15) is 26.7 Å². The van der Waals surface area contributed by atoms with E-state index in [1.54, 1.807) is 6.07 Å². The Kier molecular flexibility index (Phi) is 5.94. The van der Waals surface area contributed by atoms with Crippen molar-refractivity contribution in [1.82, 2.24) is 9.62 Å². The zero-order valence-corrected chi connectivity index (χ0v) is 15.4. The number of sulfonamides is 1. The Hall–Kier alpha value is -0.820. The average Bonchev–Trinajstić information content (AvgIpc) is 2.49. The van der Waals surface area contributed by atoms with Gasteiger partial charge >= 0.3 is 0 Å². The number of benzene rings is 1. The van der Waals surface area contributed by atoms with Crippen molar-refractivity contribution in [3.8, 4) is 0 Å². The molecule has 0 unspecified atom stereocenters. The molecule has 128 valence electrons. The third kappa shape index (κ3) is 4.38. The van der Waals surface area contributed by atoms with Gasteiger partial charge in [-0.05, 0) is 44.9 Å². The van der Waals surface area contributed by atoms with Gasteiger partial charge in [0.15, 0.2) is 0 Å². The maximum absolute atomic E-state index is 12.7. The van der Waals surface area contributed by atoms with Gasteiger partial charge in [0.05, 0.1) is 5.02 Å². The number of amides is 1. The minimum atomic E-state index is -3.70. The smallest absolute Gasteiger partial charge is 0.244 e. The summed E-state index contributed by atoms with van der Waals surface area (Å²) in [6.45, 7) is 4.39. The molecule has 0 aliphatic carbocycles. The van der Waals surface area contributed by atoms with E-state index in [2.05, 4.69) is 5.32 Å². The second-order valence-electron chi connectivity index (χ2n) is 5.92. The predicted molar refractivity (Wildman–Crippen MR) is 91.2 cm³/mol. The summed E-state index contributed by atoms with van der Waals surface area (Å²) in [5, 5.41) is 3.33. The van der Waals surface area contributed by atoms with Crippen molar-refractivity contribution in [2.24, 2.45) is 5.92 Å². The largest absolute Gasteiger partial charge is 0.354 e. The van der Waals surface area contributed by atoms with Gasteiger partial charge in [-0.2, -0.15) is 4.31 Å². The Morgan fingerprint density at radius 1 is 1.26 bits per heavy atom. The molecule has 0 atom stereocenters. The van der Waals surface area contributed by atoms with Crippen LogP contribution in [0.25, 0.3) is 0 Å². The van der Waals surface area contributed by atoms with Crippen LogP contribution < -0.4 is 5.32 Å². The molecule has 1 aliphatic heterocycles. The summed E-state index contributed by atoms with van der Waals surface area (Å²) in [6, 6.07) is 4.46. The topological polar surface area (TPSA) is 66.5 Å². The Morgan fingerprint density at radius 2 is 1.87 bits per heavy atom. The van der Waals surface area contributed by atoms with Gasteiger partial charge in [-0.25, -0.2) is 8.42 Å². The molecule has 0 spiro atoms. The van der Waals surface area contributed by atoms with Gasteiger partial charge in [0.1, 0.15) is 4.90 Å². The lowest BCUT2D eigenvalue weighted by atomic mass is 9.97. The highest BCUT2D eigenvalue weighted by Crippen LogP contribution is 2.30. The van der Waals surface area contributed by atoms with Crippen molar-refractivity contribution in [3.63, 3.8) is 0 Å². The quantitative estimate of drug-likeness (QED) is 0.875. The maximum Gasteiger partial charge on any atom is 0.244 e. The lowest BCUT2D eigenvalue weighted by Crippen LogP contribution is -2.44. The molecule has 1 aromatic carbocycles. The fourth-order valence-corrected chi connectivity index (χ4v) is 4.78. The van der Waals surface area contributed by atoms with E-state index in [0.29, 0.717) is 31.0 Å². The monoisotopic (exact) mass is 378 g/mol. The van der Waals surface area contributed by atoms with E-state index in [1.165, 1.54) is 16.4 Å². The van der Waals surface area contributed by atoms with Crippen molar-refractivity contribution < 1.29 is 13.2 Å². The molecule has 0 bridgehead atoms. The SMILES string of the molecule is CC(C)NC(=O)C1CCN(S(=O)(=O)c2cc(Cl)ccc2Cl)CC1. The van der Waals surface area contributed by atoms with Crippen LogP contribution in [0.4, 0.5) is 0 Å². The minimum absolute atomic E-state index is 0.0109. The van der Waals surface area contributed by atoms with Crippen LogP contribution in [0.5, 0.6) is 0 Å². The van der Waals surface area contributed by atoms with E-state index >= 15 is 0 Å². The van der Waals surface area contributed by atoms with Crippen LogP contribution >= 0.6 is 23.2 Å². The maximum atomic E-state index is 12.7. The third-order valence-corrected chi connectivity index (χ3v) is 6.38. The fourth-order valence-electron chi connectivity index (χ4n) is 2.57. The first-order valence-electron chi connectivity index (χ1n) is 7.47. The highest BCUT2D eigenvalue weighted by molar-refractivity contribution is 7.89.